The molecule has 0 aliphatic rings. The molecule has 0 heterocycles. The molecule has 0 N–H and O–H groups in total. The van der Waals surface area contributed by atoms with E-state index in [4.69, 9.17) is 4.74 Å². The molecular weight excluding hydrogens is 307 g/mol. The maximum Gasteiger partial charge on any atom is 0.342 e. The number of hydrogen-bond acceptors (Lipinski definition) is 4. The number of alkyl halides is 2. The van der Waals surface area contributed by atoms with Crippen LogP contribution < -0.4 is 0 Å². The second-order valence-corrected chi connectivity index (χ2v) is 4.83. The lowest BCUT2D eigenvalue weighted by Crippen LogP contribution is -2.35. The summed E-state index contributed by atoms with van der Waals surface area (Å²) in [7, 11) is 0. The van der Waals surface area contributed by atoms with Crippen LogP contribution in [0.2, 0.25) is 0 Å². The Labute approximate surface area is 115 Å². The van der Waals surface area contributed by atoms with Gasteiger partial charge in [-0.15, -0.1) is 0 Å². The fourth-order valence-electron chi connectivity index (χ4n) is 1.03. The van der Waals surface area contributed by atoms with Crippen LogP contribution in [0.3, 0.4) is 0 Å². The van der Waals surface area contributed by atoms with Gasteiger partial charge < -0.3 is 9.47 Å². The van der Waals surface area contributed by atoms with Crippen LogP contribution in [0.25, 0.3) is 0 Å². The summed E-state index contributed by atoms with van der Waals surface area (Å²) >= 11 is 2.82. The van der Waals surface area contributed by atoms with Crippen LogP contribution in [-0.4, -0.2) is 36.2 Å². The average molecular weight is 327 g/mol. The largest absolute Gasteiger partial charge is 0.465 e. The second kappa shape index (κ2) is 10.3. The van der Waals surface area contributed by atoms with Crippen LogP contribution in [0.5, 0.6) is 0 Å². The van der Waals surface area contributed by atoms with Gasteiger partial charge in [-0.1, -0.05) is 42.6 Å². The molecule has 0 unspecified atom stereocenters. The molecule has 6 heteroatoms. The Kier molecular flexibility index (Phi) is 9.92. The molecule has 0 bridgehead atoms. The predicted molar refractivity (Wildman–Crippen MR) is 69.3 cm³/mol. The van der Waals surface area contributed by atoms with E-state index in [1.54, 1.807) is 0 Å². The maximum absolute atomic E-state index is 13.6. The Hall–Kier alpha value is -0.650. The van der Waals surface area contributed by atoms with Crippen molar-refractivity contribution in [3.63, 3.8) is 0 Å². The van der Waals surface area contributed by atoms with E-state index >= 15 is 0 Å². The molecule has 0 radical (unpaired) electrons. The zero-order valence-electron chi connectivity index (χ0n) is 10.8. The summed E-state index contributed by atoms with van der Waals surface area (Å²) in [6.45, 7) is 4.27. The molecule has 0 aromatic carbocycles. The van der Waals surface area contributed by atoms with Crippen LogP contribution in [0.4, 0.5) is 4.39 Å². The van der Waals surface area contributed by atoms with Crippen LogP contribution in [0.15, 0.2) is 0 Å². The van der Waals surface area contributed by atoms with Gasteiger partial charge in [0.2, 0.25) is 6.17 Å². The molecule has 0 amide bonds. The van der Waals surface area contributed by atoms with Gasteiger partial charge in [-0.3, -0.25) is 4.79 Å². The van der Waals surface area contributed by atoms with Crippen molar-refractivity contribution in [2.24, 2.45) is 0 Å². The van der Waals surface area contributed by atoms with E-state index in [-0.39, 0.29) is 13.2 Å². The Morgan fingerprint density at radius 1 is 1.06 bits per heavy atom. The van der Waals surface area contributed by atoms with Crippen LogP contribution in [-0.2, 0) is 19.1 Å². The van der Waals surface area contributed by atoms with E-state index in [9.17, 15) is 14.0 Å². The molecule has 0 saturated carbocycles. The van der Waals surface area contributed by atoms with E-state index in [0.717, 1.165) is 12.8 Å². The highest BCUT2D eigenvalue weighted by molar-refractivity contribution is 9.10. The van der Waals surface area contributed by atoms with Crippen LogP contribution in [0.1, 0.15) is 39.5 Å². The van der Waals surface area contributed by atoms with Crippen molar-refractivity contribution in [3.8, 4) is 0 Å². The minimum absolute atomic E-state index is 0.167. The van der Waals surface area contributed by atoms with Gasteiger partial charge in [-0.05, 0) is 12.8 Å². The van der Waals surface area contributed by atoms with E-state index in [0.29, 0.717) is 12.8 Å². The summed E-state index contributed by atoms with van der Waals surface area (Å²) in [5.74, 6) is -1.80. The Morgan fingerprint density at radius 3 is 1.94 bits per heavy atom. The Balaban J connectivity index is 4.02. The van der Waals surface area contributed by atoms with Crippen molar-refractivity contribution < 1.29 is 23.5 Å². The van der Waals surface area contributed by atoms with Gasteiger partial charge in [0.25, 0.3) is 0 Å². The molecular formula is C12H20BrFO4. The monoisotopic (exact) mass is 326 g/mol. The summed E-state index contributed by atoms with van der Waals surface area (Å²) in [5.41, 5.74) is 0. The van der Waals surface area contributed by atoms with E-state index in [2.05, 4.69) is 20.7 Å². The minimum Gasteiger partial charge on any atom is -0.465 e. The van der Waals surface area contributed by atoms with Crippen molar-refractivity contribution in [1.82, 2.24) is 0 Å². The number of rotatable bonds is 9. The van der Waals surface area contributed by atoms with Gasteiger partial charge in [0, 0.05) is 0 Å². The van der Waals surface area contributed by atoms with Gasteiger partial charge in [-0.25, -0.2) is 9.18 Å². The highest BCUT2D eigenvalue weighted by Gasteiger charge is 2.34. The SMILES string of the molecule is CCCCOC(=O)[C@@H](F)[C@@H](Br)C(=O)OCCCC. The van der Waals surface area contributed by atoms with Crippen molar-refractivity contribution in [2.45, 2.75) is 50.5 Å². The standard InChI is InChI=1S/C12H20BrFO4/c1-3-5-7-17-11(15)9(13)10(14)12(16)18-8-6-4-2/h9-10H,3-8H2,1-2H3/t9-,10+/m1/s1. The number of hydrogen-bond donors (Lipinski definition) is 0. The highest BCUT2D eigenvalue weighted by atomic mass is 79.9. The smallest absolute Gasteiger partial charge is 0.342 e. The number of halogens is 2. The van der Waals surface area contributed by atoms with Gasteiger partial charge in [0.05, 0.1) is 13.2 Å². The van der Waals surface area contributed by atoms with Crippen molar-refractivity contribution in [1.29, 1.82) is 0 Å². The third kappa shape index (κ3) is 6.93. The first-order valence-corrected chi connectivity index (χ1v) is 7.07. The van der Waals surface area contributed by atoms with Crippen molar-refractivity contribution >= 4 is 27.9 Å². The second-order valence-electron chi connectivity index (χ2n) is 3.85. The number of unbranched alkanes of at least 4 members (excludes halogenated alkanes) is 2. The zero-order chi connectivity index (χ0) is 14.0. The third-order valence-electron chi connectivity index (χ3n) is 2.19. The van der Waals surface area contributed by atoms with E-state index in [1.807, 2.05) is 13.8 Å². The van der Waals surface area contributed by atoms with Gasteiger partial charge >= 0.3 is 11.9 Å². The topological polar surface area (TPSA) is 52.6 Å². The molecule has 106 valence electrons. The minimum atomic E-state index is -2.03. The van der Waals surface area contributed by atoms with Crippen molar-refractivity contribution in [3.05, 3.63) is 0 Å². The van der Waals surface area contributed by atoms with E-state index in [1.165, 1.54) is 0 Å². The summed E-state index contributed by atoms with van der Waals surface area (Å²) in [4.78, 5) is 21.3. The molecule has 0 rings (SSSR count). The maximum atomic E-state index is 13.6. The lowest BCUT2D eigenvalue weighted by atomic mass is 10.3. The fourth-order valence-corrected chi connectivity index (χ4v) is 1.38. The summed E-state index contributed by atoms with van der Waals surface area (Å²) in [6, 6.07) is 0. The van der Waals surface area contributed by atoms with Gasteiger partial charge in [0.15, 0.2) is 4.83 Å². The van der Waals surface area contributed by atoms with Crippen LogP contribution in [0, 0.1) is 0 Å². The number of esters is 2. The van der Waals surface area contributed by atoms with E-state index < -0.39 is 22.9 Å². The molecule has 2 atom stereocenters. The fraction of sp³-hybridized carbons (Fsp3) is 0.833. The van der Waals surface area contributed by atoms with Crippen LogP contribution >= 0.6 is 15.9 Å². The average Bonchev–Trinajstić information content (AvgIpc) is 2.37. The first kappa shape index (κ1) is 17.4. The molecule has 0 aromatic rings. The van der Waals surface area contributed by atoms with Gasteiger partial charge in [-0.2, -0.15) is 0 Å². The highest BCUT2D eigenvalue weighted by Crippen LogP contribution is 2.14. The number of carbonyl (C=O) groups excluding carboxylic acids is 2. The quantitative estimate of drug-likeness (QED) is 0.371. The molecule has 0 spiro atoms. The number of ether oxygens (including phenoxy) is 2. The summed E-state index contributed by atoms with van der Waals surface area (Å²) in [5, 5.41) is 0. The molecule has 0 aromatic heterocycles. The molecule has 4 nitrogen and oxygen atoms in total. The summed E-state index contributed by atoms with van der Waals surface area (Å²) < 4.78 is 23.1. The van der Waals surface area contributed by atoms with Crippen molar-refractivity contribution in [2.75, 3.05) is 13.2 Å². The molecule has 0 saturated heterocycles. The number of carbonyl (C=O) groups is 2. The normalized spacial score (nSPS) is 13.8. The van der Waals surface area contributed by atoms with Gasteiger partial charge in [0.1, 0.15) is 0 Å². The first-order valence-electron chi connectivity index (χ1n) is 6.16. The lowest BCUT2D eigenvalue weighted by molar-refractivity contribution is -0.155. The first-order chi connectivity index (χ1) is 8.54. The Bertz CT molecular complexity index is 234. The lowest BCUT2D eigenvalue weighted by Gasteiger charge is -2.13. The zero-order valence-corrected chi connectivity index (χ0v) is 12.4. The Morgan fingerprint density at radius 2 is 1.50 bits per heavy atom. The molecule has 0 aliphatic carbocycles. The summed E-state index contributed by atoms with van der Waals surface area (Å²) in [6.07, 6.45) is 1.07. The third-order valence-corrected chi connectivity index (χ3v) is 3.03. The molecule has 18 heavy (non-hydrogen) atoms. The molecule has 0 aliphatic heterocycles. The molecule has 0 fully saturated rings. The predicted octanol–water partition coefficient (Wildman–Crippen LogP) is 2.77.